The second kappa shape index (κ2) is 4.41. The third-order valence-corrected chi connectivity index (χ3v) is 3.04. The third kappa shape index (κ3) is 2.00. The van der Waals surface area contributed by atoms with E-state index in [0.717, 1.165) is 0 Å². The monoisotopic (exact) mass is 262 g/mol. The Kier molecular flexibility index (Phi) is 3.31. The maximum absolute atomic E-state index is 6.05. The van der Waals surface area contributed by atoms with E-state index in [1.165, 1.54) is 0 Å². The molecule has 0 amide bonds. The molecule has 0 spiro atoms. The molecule has 0 atom stereocenters. The highest BCUT2D eigenvalue weighted by Crippen LogP contribution is 2.42. The highest BCUT2D eigenvalue weighted by atomic mass is 35.5. The molecule has 1 fully saturated rings. The Morgan fingerprint density at radius 3 is 2.44 bits per heavy atom. The molecule has 2 rings (SSSR count). The Morgan fingerprint density at radius 2 is 1.88 bits per heavy atom. The van der Waals surface area contributed by atoms with Gasteiger partial charge in [-0.2, -0.15) is 0 Å². The van der Waals surface area contributed by atoms with Crippen LogP contribution in [0.1, 0.15) is 12.5 Å². The minimum atomic E-state index is -0.833. The second-order valence-corrected chi connectivity index (χ2v) is 4.45. The van der Waals surface area contributed by atoms with Gasteiger partial charge < -0.3 is 14.2 Å². The Balaban J connectivity index is 2.53. The summed E-state index contributed by atoms with van der Waals surface area (Å²) in [4.78, 5) is 0. The largest absolute Gasteiger partial charge is 0.495 e. The molecule has 0 saturated carbocycles. The topological polar surface area (TPSA) is 27.7 Å². The quantitative estimate of drug-likeness (QED) is 0.819. The first-order valence-electron chi connectivity index (χ1n) is 4.88. The van der Waals surface area contributed by atoms with Gasteiger partial charge in [0.1, 0.15) is 5.75 Å². The first-order chi connectivity index (χ1) is 7.57. The van der Waals surface area contributed by atoms with Crippen molar-refractivity contribution in [3.8, 4) is 5.75 Å². The summed E-state index contributed by atoms with van der Waals surface area (Å²) in [6.45, 7) is 2.91. The number of hydrogen-bond donors (Lipinski definition) is 0. The van der Waals surface area contributed by atoms with Gasteiger partial charge in [-0.25, -0.2) is 0 Å². The lowest BCUT2D eigenvalue weighted by molar-refractivity contribution is -0.150. The summed E-state index contributed by atoms with van der Waals surface area (Å²) in [5.41, 5.74) is 0.713. The third-order valence-electron chi connectivity index (χ3n) is 2.54. The smallest absolute Gasteiger partial charge is 0.195 e. The minimum absolute atomic E-state index is 0.449. The van der Waals surface area contributed by atoms with Crippen LogP contribution in [0, 0.1) is 0 Å². The summed E-state index contributed by atoms with van der Waals surface area (Å²) >= 11 is 12.0. The summed E-state index contributed by atoms with van der Waals surface area (Å²) in [5, 5.41) is 0.978. The van der Waals surface area contributed by atoms with E-state index in [-0.39, 0.29) is 0 Å². The van der Waals surface area contributed by atoms with Crippen molar-refractivity contribution in [1.29, 1.82) is 0 Å². The summed E-state index contributed by atoms with van der Waals surface area (Å²) < 4.78 is 16.4. The van der Waals surface area contributed by atoms with Crippen LogP contribution in [0.4, 0.5) is 0 Å². The Bertz CT molecular complexity index is 400. The Labute approximate surface area is 104 Å². The van der Waals surface area contributed by atoms with E-state index in [9.17, 15) is 0 Å². The van der Waals surface area contributed by atoms with E-state index >= 15 is 0 Å². The molecule has 1 heterocycles. The Hall–Kier alpha value is -0.480. The van der Waals surface area contributed by atoms with Crippen LogP contribution in [0.25, 0.3) is 0 Å². The SMILES string of the molecule is COc1c(Cl)cc(Cl)cc1C1(C)OCCO1. The fourth-order valence-corrected chi connectivity index (χ4v) is 2.35. The van der Waals surface area contributed by atoms with Gasteiger partial charge in [0.05, 0.1) is 30.9 Å². The summed E-state index contributed by atoms with van der Waals surface area (Å²) in [5.74, 6) is -0.296. The minimum Gasteiger partial charge on any atom is -0.495 e. The van der Waals surface area contributed by atoms with Crippen LogP contribution in [0.5, 0.6) is 5.75 Å². The molecule has 16 heavy (non-hydrogen) atoms. The zero-order valence-electron chi connectivity index (χ0n) is 9.05. The number of methoxy groups -OCH3 is 1. The molecule has 88 valence electrons. The van der Waals surface area contributed by atoms with Crippen molar-refractivity contribution < 1.29 is 14.2 Å². The van der Waals surface area contributed by atoms with Crippen molar-refractivity contribution in [2.75, 3.05) is 20.3 Å². The second-order valence-electron chi connectivity index (χ2n) is 3.61. The summed E-state index contributed by atoms with van der Waals surface area (Å²) in [6.07, 6.45) is 0. The number of halogens is 2. The van der Waals surface area contributed by atoms with Crippen molar-refractivity contribution in [1.82, 2.24) is 0 Å². The fourth-order valence-electron chi connectivity index (χ4n) is 1.78. The van der Waals surface area contributed by atoms with E-state index in [1.807, 2.05) is 6.92 Å². The average molecular weight is 263 g/mol. The van der Waals surface area contributed by atoms with Crippen molar-refractivity contribution >= 4 is 23.2 Å². The van der Waals surface area contributed by atoms with E-state index in [4.69, 9.17) is 37.4 Å². The predicted octanol–water partition coefficient (Wildman–Crippen LogP) is 3.22. The van der Waals surface area contributed by atoms with Gasteiger partial charge in [-0.05, 0) is 19.1 Å². The zero-order valence-corrected chi connectivity index (χ0v) is 10.6. The normalized spacial score (nSPS) is 18.8. The van der Waals surface area contributed by atoms with Gasteiger partial charge >= 0.3 is 0 Å². The van der Waals surface area contributed by atoms with Crippen LogP contribution < -0.4 is 4.74 Å². The molecule has 1 aliphatic rings. The van der Waals surface area contributed by atoms with E-state index in [0.29, 0.717) is 34.6 Å². The lowest BCUT2D eigenvalue weighted by atomic mass is 10.1. The highest BCUT2D eigenvalue weighted by Gasteiger charge is 2.36. The summed E-state index contributed by atoms with van der Waals surface area (Å²) in [6, 6.07) is 3.38. The molecule has 3 nitrogen and oxygen atoms in total. The molecule has 1 aromatic carbocycles. The first kappa shape index (κ1) is 12.0. The Morgan fingerprint density at radius 1 is 1.25 bits per heavy atom. The van der Waals surface area contributed by atoms with E-state index < -0.39 is 5.79 Å². The molecule has 1 aliphatic heterocycles. The molecule has 1 saturated heterocycles. The number of rotatable bonds is 2. The molecule has 5 heteroatoms. The van der Waals surface area contributed by atoms with Crippen molar-refractivity contribution in [3.63, 3.8) is 0 Å². The van der Waals surface area contributed by atoms with Gasteiger partial charge in [-0.15, -0.1) is 0 Å². The molecule has 0 aromatic heterocycles. The molecular weight excluding hydrogens is 251 g/mol. The molecule has 0 unspecified atom stereocenters. The number of ether oxygens (including phenoxy) is 3. The maximum atomic E-state index is 6.05. The van der Waals surface area contributed by atoms with Crippen LogP contribution >= 0.6 is 23.2 Å². The molecule has 1 aromatic rings. The zero-order chi connectivity index (χ0) is 11.8. The van der Waals surface area contributed by atoms with Gasteiger partial charge in [0.15, 0.2) is 5.79 Å². The van der Waals surface area contributed by atoms with E-state index in [2.05, 4.69) is 0 Å². The van der Waals surface area contributed by atoms with Crippen molar-refractivity contribution in [2.24, 2.45) is 0 Å². The highest BCUT2D eigenvalue weighted by molar-refractivity contribution is 6.35. The van der Waals surface area contributed by atoms with Gasteiger partial charge in [0.2, 0.25) is 0 Å². The van der Waals surface area contributed by atoms with Crippen molar-refractivity contribution in [3.05, 3.63) is 27.7 Å². The van der Waals surface area contributed by atoms with Crippen LogP contribution in [-0.2, 0) is 15.3 Å². The predicted molar refractivity (Wildman–Crippen MR) is 62.3 cm³/mol. The van der Waals surface area contributed by atoms with Gasteiger partial charge in [-0.1, -0.05) is 23.2 Å². The lowest BCUT2D eigenvalue weighted by Crippen LogP contribution is -2.23. The van der Waals surface area contributed by atoms with Gasteiger partial charge in [-0.3, -0.25) is 0 Å². The van der Waals surface area contributed by atoms with Gasteiger partial charge in [0.25, 0.3) is 0 Å². The molecule has 0 radical (unpaired) electrons. The van der Waals surface area contributed by atoms with E-state index in [1.54, 1.807) is 19.2 Å². The first-order valence-corrected chi connectivity index (χ1v) is 5.64. The van der Waals surface area contributed by atoms with Crippen LogP contribution in [0.15, 0.2) is 12.1 Å². The molecular formula is C11H12Cl2O3. The average Bonchev–Trinajstić information content (AvgIpc) is 2.65. The van der Waals surface area contributed by atoms with Crippen molar-refractivity contribution in [2.45, 2.75) is 12.7 Å². The van der Waals surface area contributed by atoms with Crippen LogP contribution in [-0.4, -0.2) is 20.3 Å². The number of benzene rings is 1. The van der Waals surface area contributed by atoms with Gasteiger partial charge in [0, 0.05) is 5.02 Å². The van der Waals surface area contributed by atoms with Crippen LogP contribution in [0.2, 0.25) is 10.0 Å². The molecule has 0 N–H and O–H groups in total. The standard InChI is InChI=1S/C11H12Cl2O3/c1-11(15-3-4-16-11)8-5-7(12)6-9(13)10(8)14-2/h5-6H,3-4H2,1-2H3. The van der Waals surface area contributed by atoms with Crippen LogP contribution in [0.3, 0.4) is 0 Å². The fraction of sp³-hybridized carbons (Fsp3) is 0.455. The molecule has 0 aliphatic carbocycles. The summed E-state index contributed by atoms with van der Waals surface area (Å²) in [7, 11) is 1.55. The molecule has 0 bridgehead atoms. The maximum Gasteiger partial charge on any atom is 0.195 e. The number of hydrogen-bond acceptors (Lipinski definition) is 3. The lowest BCUT2D eigenvalue weighted by Gasteiger charge is -2.25.